The molecule has 114 valence electrons. The summed E-state index contributed by atoms with van der Waals surface area (Å²) in [5, 5.41) is 10.9. The Kier molecular flexibility index (Phi) is 3.03. The molecule has 2 aliphatic rings. The maximum atomic E-state index is 5.66. The van der Waals surface area contributed by atoms with E-state index in [0.29, 0.717) is 13.2 Å². The van der Waals surface area contributed by atoms with Crippen LogP contribution in [-0.4, -0.2) is 40.8 Å². The molecule has 0 aliphatic carbocycles. The van der Waals surface area contributed by atoms with Crippen molar-refractivity contribution < 1.29 is 9.47 Å². The van der Waals surface area contributed by atoms with E-state index < -0.39 is 0 Å². The Labute approximate surface area is 128 Å². The summed E-state index contributed by atoms with van der Waals surface area (Å²) in [5.74, 6) is 1.62. The van der Waals surface area contributed by atoms with Crippen molar-refractivity contribution in [3.63, 3.8) is 0 Å². The number of fused-ring (bicyclic) bond motifs is 1. The first-order valence-electron chi connectivity index (χ1n) is 7.39. The zero-order valence-corrected chi connectivity index (χ0v) is 12.7. The van der Waals surface area contributed by atoms with Crippen LogP contribution in [0, 0.1) is 0 Å². The highest BCUT2D eigenvalue weighted by Gasteiger charge is 2.27. The summed E-state index contributed by atoms with van der Waals surface area (Å²) >= 11 is 0. The molecule has 0 N–H and O–H groups in total. The normalized spacial score (nSPS) is 20.2. The highest BCUT2D eigenvalue weighted by molar-refractivity contribution is 6.02. The number of rotatable bonds is 2. The maximum absolute atomic E-state index is 5.66. The summed E-state index contributed by atoms with van der Waals surface area (Å²) < 4.78 is 13.1. The van der Waals surface area contributed by atoms with Crippen molar-refractivity contribution in [2.45, 2.75) is 12.5 Å². The van der Waals surface area contributed by atoms with Crippen molar-refractivity contribution in [2.75, 3.05) is 20.3 Å². The second kappa shape index (κ2) is 5.05. The fourth-order valence-corrected chi connectivity index (χ4v) is 2.96. The van der Waals surface area contributed by atoms with Gasteiger partial charge in [-0.2, -0.15) is 10.2 Å². The molecule has 22 heavy (non-hydrogen) atoms. The second-order valence-corrected chi connectivity index (χ2v) is 5.65. The highest BCUT2D eigenvalue weighted by Crippen LogP contribution is 2.35. The van der Waals surface area contributed by atoms with Crippen LogP contribution in [0.25, 0.3) is 0 Å². The zero-order chi connectivity index (χ0) is 15.1. The summed E-state index contributed by atoms with van der Waals surface area (Å²) in [6, 6.07) is 6.26. The monoisotopic (exact) mass is 298 g/mol. The minimum Gasteiger partial charge on any atom is -0.486 e. The van der Waals surface area contributed by atoms with E-state index in [1.54, 1.807) is 0 Å². The summed E-state index contributed by atoms with van der Waals surface area (Å²) in [4.78, 5) is 0. The van der Waals surface area contributed by atoms with E-state index in [4.69, 9.17) is 14.6 Å². The number of hydrogen-bond acceptors (Lipinski definition) is 5. The number of benzene rings is 1. The third-order valence-corrected chi connectivity index (χ3v) is 4.10. The third-order valence-electron chi connectivity index (χ3n) is 4.10. The summed E-state index contributed by atoms with van der Waals surface area (Å²) in [5.41, 5.74) is 3.33. The minimum absolute atomic E-state index is 0.233. The molecule has 0 fully saturated rings. The predicted molar refractivity (Wildman–Crippen MR) is 82.3 cm³/mol. The van der Waals surface area contributed by atoms with Gasteiger partial charge >= 0.3 is 0 Å². The van der Waals surface area contributed by atoms with Gasteiger partial charge in [-0.25, -0.2) is 0 Å². The minimum atomic E-state index is 0.233. The Morgan fingerprint density at radius 1 is 1.14 bits per heavy atom. The Morgan fingerprint density at radius 2 is 1.95 bits per heavy atom. The van der Waals surface area contributed by atoms with E-state index in [0.717, 1.165) is 29.2 Å². The average Bonchev–Trinajstić information content (AvgIpc) is 3.12. The molecule has 1 aromatic carbocycles. The molecule has 0 radical (unpaired) electrons. The molecule has 2 aromatic rings. The van der Waals surface area contributed by atoms with Gasteiger partial charge in [0.1, 0.15) is 13.2 Å². The lowest BCUT2D eigenvalue weighted by Crippen LogP contribution is -2.15. The Hall–Kier alpha value is -2.50. The van der Waals surface area contributed by atoms with Gasteiger partial charge in [0, 0.05) is 37.8 Å². The van der Waals surface area contributed by atoms with Crippen LogP contribution in [0.15, 0.2) is 35.7 Å². The van der Waals surface area contributed by atoms with Crippen molar-refractivity contribution >= 4 is 5.71 Å². The van der Waals surface area contributed by atoms with E-state index >= 15 is 0 Å². The van der Waals surface area contributed by atoms with Crippen LogP contribution in [0.3, 0.4) is 0 Å². The topological polar surface area (TPSA) is 51.9 Å². The Balaban J connectivity index is 1.60. The van der Waals surface area contributed by atoms with Crippen molar-refractivity contribution in [1.82, 2.24) is 14.8 Å². The lowest BCUT2D eigenvalue weighted by atomic mass is 10.0. The van der Waals surface area contributed by atoms with Crippen molar-refractivity contribution in [1.29, 1.82) is 0 Å². The van der Waals surface area contributed by atoms with Gasteiger partial charge < -0.3 is 9.47 Å². The second-order valence-electron chi connectivity index (χ2n) is 5.65. The number of aromatic nitrogens is 2. The fraction of sp³-hybridized carbons (Fsp3) is 0.375. The molecule has 0 bridgehead atoms. The molecule has 1 atom stereocenters. The smallest absolute Gasteiger partial charge is 0.162 e. The summed E-state index contributed by atoms with van der Waals surface area (Å²) in [7, 11) is 3.93. The van der Waals surface area contributed by atoms with Crippen LogP contribution in [0.4, 0.5) is 0 Å². The lowest BCUT2D eigenvalue weighted by Gasteiger charge is -2.18. The van der Waals surface area contributed by atoms with Crippen LogP contribution in [0.5, 0.6) is 11.5 Å². The van der Waals surface area contributed by atoms with Gasteiger partial charge in [0.15, 0.2) is 11.5 Å². The zero-order valence-electron chi connectivity index (χ0n) is 12.7. The van der Waals surface area contributed by atoms with E-state index in [2.05, 4.69) is 5.10 Å². The SMILES string of the molecule is CN1N=C(c2ccc3c(c2)OCCO3)C[C@H]1c1cnn(C)c1. The van der Waals surface area contributed by atoms with E-state index in [9.17, 15) is 0 Å². The molecular weight excluding hydrogens is 280 g/mol. The molecule has 1 aromatic heterocycles. The molecule has 0 saturated carbocycles. The molecule has 0 saturated heterocycles. The van der Waals surface area contributed by atoms with Crippen LogP contribution in [0.2, 0.25) is 0 Å². The van der Waals surface area contributed by atoms with Crippen LogP contribution >= 0.6 is 0 Å². The van der Waals surface area contributed by atoms with Crippen LogP contribution in [0.1, 0.15) is 23.6 Å². The average molecular weight is 298 g/mol. The number of hydrazone groups is 1. The quantitative estimate of drug-likeness (QED) is 0.850. The Bertz CT molecular complexity index is 737. The predicted octanol–water partition coefficient (Wildman–Crippen LogP) is 1.97. The molecule has 3 heterocycles. The fourth-order valence-electron chi connectivity index (χ4n) is 2.96. The molecule has 6 heteroatoms. The summed E-state index contributed by atoms with van der Waals surface area (Å²) in [6.07, 6.45) is 4.81. The first-order chi connectivity index (χ1) is 10.7. The van der Waals surface area contributed by atoms with Gasteiger partial charge in [-0.05, 0) is 18.2 Å². The first-order valence-corrected chi connectivity index (χ1v) is 7.39. The van der Waals surface area contributed by atoms with Gasteiger partial charge in [-0.1, -0.05) is 0 Å². The van der Waals surface area contributed by atoms with Gasteiger partial charge in [-0.3, -0.25) is 9.69 Å². The van der Waals surface area contributed by atoms with E-state index in [1.165, 1.54) is 5.56 Å². The van der Waals surface area contributed by atoms with Crippen molar-refractivity contribution in [3.8, 4) is 11.5 Å². The lowest BCUT2D eigenvalue weighted by molar-refractivity contribution is 0.171. The number of nitrogens with zero attached hydrogens (tertiary/aromatic N) is 4. The van der Waals surface area contributed by atoms with Crippen molar-refractivity contribution in [2.24, 2.45) is 12.1 Å². The van der Waals surface area contributed by atoms with Gasteiger partial charge in [0.2, 0.25) is 0 Å². The van der Waals surface area contributed by atoms with Gasteiger partial charge in [0.05, 0.1) is 18.0 Å². The summed E-state index contributed by atoms with van der Waals surface area (Å²) in [6.45, 7) is 1.21. The van der Waals surface area contributed by atoms with Gasteiger partial charge in [-0.15, -0.1) is 0 Å². The highest BCUT2D eigenvalue weighted by atomic mass is 16.6. The van der Waals surface area contributed by atoms with E-state index in [1.807, 2.05) is 54.4 Å². The molecule has 0 spiro atoms. The van der Waals surface area contributed by atoms with Crippen molar-refractivity contribution in [3.05, 3.63) is 41.7 Å². The largest absolute Gasteiger partial charge is 0.486 e. The van der Waals surface area contributed by atoms with Crippen LogP contribution in [-0.2, 0) is 7.05 Å². The first kappa shape index (κ1) is 13.2. The van der Waals surface area contributed by atoms with Crippen LogP contribution < -0.4 is 9.47 Å². The molecular formula is C16H18N4O2. The molecule has 0 unspecified atom stereocenters. The number of ether oxygens (including phenoxy) is 2. The maximum Gasteiger partial charge on any atom is 0.162 e. The molecule has 4 rings (SSSR count). The molecule has 2 aliphatic heterocycles. The van der Waals surface area contributed by atoms with Gasteiger partial charge in [0.25, 0.3) is 0 Å². The molecule has 0 amide bonds. The number of aryl methyl sites for hydroxylation is 1. The Morgan fingerprint density at radius 3 is 2.73 bits per heavy atom. The number of hydrogen-bond donors (Lipinski definition) is 0. The molecule has 6 nitrogen and oxygen atoms in total. The van der Waals surface area contributed by atoms with E-state index in [-0.39, 0.29) is 6.04 Å². The third kappa shape index (κ3) is 2.20. The standard InChI is InChI=1S/C16H18N4O2/c1-19-10-12(9-17-19)14-8-13(18-20(14)2)11-3-4-15-16(7-11)22-6-5-21-15/h3-4,7,9-10,14H,5-6,8H2,1-2H3/t14-/m0/s1.